The van der Waals surface area contributed by atoms with E-state index in [9.17, 15) is 9.18 Å². The number of carbonyl (C=O) groups excluding carboxylic acids is 1. The zero-order valence-corrected chi connectivity index (χ0v) is 11.5. The summed E-state index contributed by atoms with van der Waals surface area (Å²) in [6, 6.07) is 13.7. The van der Waals surface area contributed by atoms with E-state index in [-0.39, 0.29) is 12.4 Å². The van der Waals surface area contributed by atoms with Crippen LogP contribution >= 0.6 is 0 Å². The van der Waals surface area contributed by atoms with Crippen molar-refractivity contribution in [3.63, 3.8) is 0 Å². The topological polar surface area (TPSA) is 42.1 Å². The summed E-state index contributed by atoms with van der Waals surface area (Å²) in [4.78, 5) is 15.0. The summed E-state index contributed by atoms with van der Waals surface area (Å²) in [6.07, 6.45) is 0. The highest BCUT2D eigenvalue weighted by atomic mass is 19.1. The number of esters is 1. The van der Waals surface area contributed by atoms with Crippen molar-refractivity contribution < 1.29 is 13.9 Å². The van der Waals surface area contributed by atoms with Crippen LogP contribution in [0.15, 0.2) is 48.5 Å². The molecule has 3 rings (SSSR count). The number of aryl methyl sites for hydroxylation is 1. The first-order chi connectivity index (χ1) is 10.1. The lowest BCUT2D eigenvalue weighted by molar-refractivity contribution is 0.0466. The molecule has 3 nitrogen and oxygen atoms in total. The molecule has 0 bridgehead atoms. The number of hydrogen-bond donors (Lipinski definition) is 1. The van der Waals surface area contributed by atoms with Gasteiger partial charge in [0.15, 0.2) is 0 Å². The molecule has 1 aromatic heterocycles. The van der Waals surface area contributed by atoms with E-state index in [1.165, 1.54) is 12.1 Å². The molecular weight excluding hydrogens is 269 g/mol. The van der Waals surface area contributed by atoms with E-state index in [1.54, 1.807) is 18.2 Å². The molecule has 4 heteroatoms. The first kappa shape index (κ1) is 13.4. The molecule has 0 radical (unpaired) electrons. The van der Waals surface area contributed by atoms with Crippen LogP contribution in [-0.4, -0.2) is 11.0 Å². The molecule has 0 aliphatic heterocycles. The predicted octanol–water partition coefficient (Wildman–Crippen LogP) is 3.97. The van der Waals surface area contributed by atoms with E-state index in [4.69, 9.17) is 4.74 Å². The fourth-order valence-corrected chi connectivity index (χ4v) is 2.20. The zero-order valence-electron chi connectivity index (χ0n) is 11.5. The number of halogens is 1. The normalized spacial score (nSPS) is 10.8. The van der Waals surface area contributed by atoms with Gasteiger partial charge in [0, 0.05) is 10.9 Å². The van der Waals surface area contributed by atoms with Crippen molar-refractivity contribution in [1.82, 2.24) is 4.98 Å². The SMILES string of the molecule is Cc1ccc2cc(C(=O)OCc3cccc(F)c3)[nH]c2c1. The lowest BCUT2D eigenvalue weighted by Gasteiger charge is -2.03. The van der Waals surface area contributed by atoms with E-state index in [0.717, 1.165) is 16.5 Å². The molecule has 0 amide bonds. The molecule has 106 valence electrons. The average Bonchev–Trinajstić information content (AvgIpc) is 2.88. The largest absolute Gasteiger partial charge is 0.456 e. The highest BCUT2D eigenvalue weighted by Gasteiger charge is 2.11. The van der Waals surface area contributed by atoms with Gasteiger partial charge >= 0.3 is 5.97 Å². The minimum atomic E-state index is -0.451. The summed E-state index contributed by atoms with van der Waals surface area (Å²) in [5.41, 5.74) is 3.03. The van der Waals surface area contributed by atoms with Gasteiger partial charge in [0.05, 0.1) is 0 Å². The third-order valence-electron chi connectivity index (χ3n) is 3.26. The van der Waals surface area contributed by atoms with Crippen molar-refractivity contribution in [2.75, 3.05) is 0 Å². The van der Waals surface area contributed by atoms with Crippen LogP contribution in [0.3, 0.4) is 0 Å². The average molecular weight is 283 g/mol. The van der Waals surface area contributed by atoms with Crippen LogP contribution in [-0.2, 0) is 11.3 Å². The Bertz CT molecular complexity index is 807. The Morgan fingerprint density at radius 3 is 2.86 bits per heavy atom. The standard InChI is InChI=1S/C17H14FNO2/c1-11-5-6-13-9-16(19-15(13)7-11)17(20)21-10-12-3-2-4-14(18)8-12/h2-9,19H,10H2,1H3. The second-order valence-corrected chi connectivity index (χ2v) is 4.98. The fourth-order valence-electron chi connectivity index (χ4n) is 2.20. The number of benzene rings is 2. The van der Waals surface area contributed by atoms with E-state index in [2.05, 4.69) is 4.98 Å². The number of rotatable bonds is 3. The van der Waals surface area contributed by atoms with Gasteiger partial charge in [-0.15, -0.1) is 0 Å². The van der Waals surface area contributed by atoms with Gasteiger partial charge in [-0.05, 0) is 42.3 Å². The van der Waals surface area contributed by atoms with Gasteiger partial charge in [-0.1, -0.05) is 24.3 Å². The Morgan fingerprint density at radius 1 is 1.19 bits per heavy atom. The third-order valence-corrected chi connectivity index (χ3v) is 3.26. The first-order valence-electron chi connectivity index (χ1n) is 6.63. The van der Waals surface area contributed by atoms with Gasteiger partial charge in [0.25, 0.3) is 0 Å². The molecule has 0 atom stereocenters. The molecule has 0 spiro atoms. The van der Waals surface area contributed by atoms with Crippen LogP contribution in [0.4, 0.5) is 4.39 Å². The molecule has 0 unspecified atom stereocenters. The van der Waals surface area contributed by atoms with Gasteiger partial charge in [-0.3, -0.25) is 0 Å². The van der Waals surface area contributed by atoms with Crippen LogP contribution in [0.1, 0.15) is 21.6 Å². The molecular formula is C17H14FNO2. The Hall–Kier alpha value is -2.62. The summed E-state index contributed by atoms with van der Waals surface area (Å²) in [7, 11) is 0. The molecule has 2 aromatic carbocycles. The van der Waals surface area contributed by atoms with Gasteiger partial charge in [0.1, 0.15) is 18.1 Å². The molecule has 0 fully saturated rings. The fraction of sp³-hybridized carbons (Fsp3) is 0.118. The first-order valence-corrected chi connectivity index (χ1v) is 6.63. The molecule has 1 N–H and O–H groups in total. The number of aromatic nitrogens is 1. The van der Waals surface area contributed by atoms with E-state index < -0.39 is 5.97 Å². The molecule has 21 heavy (non-hydrogen) atoms. The van der Waals surface area contributed by atoms with E-state index in [1.807, 2.05) is 25.1 Å². The van der Waals surface area contributed by atoms with Gasteiger partial charge in [-0.2, -0.15) is 0 Å². The maximum Gasteiger partial charge on any atom is 0.355 e. The van der Waals surface area contributed by atoms with Crippen LogP contribution in [0.25, 0.3) is 10.9 Å². The minimum absolute atomic E-state index is 0.0466. The van der Waals surface area contributed by atoms with Crippen molar-refractivity contribution in [3.8, 4) is 0 Å². The number of ether oxygens (including phenoxy) is 1. The summed E-state index contributed by atoms with van der Waals surface area (Å²) in [6.45, 7) is 2.03. The monoisotopic (exact) mass is 283 g/mol. The predicted molar refractivity (Wildman–Crippen MR) is 78.6 cm³/mol. The number of H-pyrrole nitrogens is 1. The zero-order chi connectivity index (χ0) is 14.8. The Kier molecular flexibility index (Phi) is 3.44. The molecule has 0 saturated heterocycles. The van der Waals surface area contributed by atoms with Crippen LogP contribution in [0, 0.1) is 12.7 Å². The Morgan fingerprint density at radius 2 is 2.05 bits per heavy atom. The van der Waals surface area contributed by atoms with Crippen molar-refractivity contribution in [1.29, 1.82) is 0 Å². The second kappa shape index (κ2) is 5.40. The van der Waals surface area contributed by atoms with Crippen molar-refractivity contribution >= 4 is 16.9 Å². The maximum absolute atomic E-state index is 13.0. The third kappa shape index (κ3) is 2.94. The van der Waals surface area contributed by atoms with E-state index in [0.29, 0.717) is 11.3 Å². The van der Waals surface area contributed by atoms with Crippen molar-refractivity contribution in [3.05, 3.63) is 71.2 Å². The van der Waals surface area contributed by atoms with Gasteiger partial charge in [0.2, 0.25) is 0 Å². The van der Waals surface area contributed by atoms with Gasteiger partial charge in [-0.25, -0.2) is 9.18 Å². The number of nitrogens with one attached hydrogen (secondary N) is 1. The maximum atomic E-state index is 13.0. The highest BCUT2D eigenvalue weighted by molar-refractivity contribution is 5.94. The smallest absolute Gasteiger partial charge is 0.355 e. The minimum Gasteiger partial charge on any atom is -0.456 e. The summed E-state index contributed by atoms with van der Waals surface area (Å²) in [5.74, 6) is -0.794. The van der Waals surface area contributed by atoms with E-state index >= 15 is 0 Å². The molecule has 0 aliphatic carbocycles. The lowest BCUT2D eigenvalue weighted by Crippen LogP contribution is -2.05. The Labute approximate surface area is 121 Å². The lowest BCUT2D eigenvalue weighted by atomic mass is 10.2. The number of aromatic amines is 1. The number of fused-ring (bicyclic) bond motifs is 1. The second-order valence-electron chi connectivity index (χ2n) is 4.98. The molecule has 0 saturated carbocycles. The summed E-state index contributed by atoms with van der Waals surface area (Å²) in [5, 5.41) is 0.957. The number of hydrogen-bond acceptors (Lipinski definition) is 2. The molecule has 3 aromatic rings. The Balaban J connectivity index is 1.74. The summed E-state index contributed by atoms with van der Waals surface area (Å²) < 4.78 is 18.2. The van der Waals surface area contributed by atoms with Crippen LogP contribution < -0.4 is 0 Å². The van der Waals surface area contributed by atoms with Crippen molar-refractivity contribution in [2.24, 2.45) is 0 Å². The summed E-state index contributed by atoms with van der Waals surface area (Å²) >= 11 is 0. The number of carbonyl (C=O) groups is 1. The van der Waals surface area contributed by atoms with Gasteiger partial charge < -0.3 is 9.72 Å². The van der Waals surface area contributed by atoms with Crippen LogP contribution in [0.2, 0.25) is 0 Å². The molecule has 0 aliphatic rings. The quantitative estimate of drug-likeness (QED) is 0.739. The highest BCUT2D eigenvalue weighted by Crippen LogP contribution is 2.18. The van der Waals surface area contributed by atoms with Crippen LogP contribution in [0.5, 0.6) is 0 Å². The van der Waals surface area contributed by atoms with Crippen molar-refractivity contribution in [2.45, 2.75) is 13.5 Å². The molecule has 1 heterocycles.